The summed E-state index contributed by atoms with van der Waals surface area (Å²) in [6.07, 6.45) is 3.72. The molecule has 0 aliphatic heterocycles. The predicted molar refractivity (Wildman–Crippen MR) is 148 cm³/mol. The molecule has 0 N–H and O–H groups in total. The number of fused-ring (bicyclic) bond motifs is 3. The molecular formula is C31H28O6S. The molecule has 0 radical (unpaired) electrons. The van der Waals surface area contributed by atoms with Gasteiger partial charge in [-0.15, -0.1) is 0 Å². The van der Waals surface area contributed by atoms with Crippen LogP contribution in [0.4, 0.5) is 0 Å². The molecule has 194 valence electrons. The summed E-state index contributed by atoms with van der Waals surface area (Å²) < 4.78 is 15.6. The summed E-state index contributed by atoms with van der Waals surface area (Å²) in [5, 5.41) is -0.0473. The summed E-state index contributed by atoms with van der Waals surface area (Å²) in [6.45, 7) is 9.71. The Kier molecular flexibility index (Phi) is 8.81. The first kappa shape index (κ1) is 26.9. The third-order valence-electron chi connectivity index (χ3n) is 6.24. The van der Waals surface area contributed by atoms with Gasteiger partial charge in [0.2, 0.25) is 5.12 Å². The van der Waals surface area contributed by atoms with Crippen LogP contribution in [0.1, 0.15) is 57.5 Å². The van der Waals surface area contributed by atoms with Crippen molar-refractivity contribution in [1.29, 1.82) is 0 Å². The lowest BCUT2D eigenvalue weighted by Crippen LogP contribution is -2.04. The second-order valence-electron chi connectivity index (χ2n) is 8.69. The average Bonchev–Trinajstić information content (AvgIpc) is 3.22. The van der Waals surface area contributed by atoms with Gasteiger partial charge in [0.25, 0.3) is 0 Å². The summed E-state index contributed by atoms with van der Waals surface area (Å²) in [4.78, 5) is 37.0. The van der Waals surface area contributed by atoms with Crippen molar-refractivity contribution in [1.82, 2.24) is 0 Å². The van der Waals surface area contributed by atoms with Crippen molar-refractivity contribution < 1.29 is 28.6 Å². The number of thioether (sulfide) groups is 1. The van der Waals surface area contributed by atoms with E-state index in [1.165, 1.54) is 11.8 Å². The monoisotopic (exact) mass is 528 g/mol. The second-order valence-corrected chi connectivity index (χ2v) is 9.73. The lowest BCUT2D eigenvalue weighted by atomic mass is 9.97. The molecule has 0 fully saturated rings. The van der Waals surface area contributed by atoms with Crippen molar-refractivity contribution >= 4 is 28.8 Å². The van der Waals surface area contributed by atoms with E-state index in [9.17, 15) is 14.4 Å². The number of hydrogen-bond donors (Lipinski definition) is 0. The van der Waals surface area contributed by atoms with Crippen molar-refractivity contribution in [3.63, 3.8) is 0 Å². The molecule has 4 rings (SSSR count). The maximum Gasteiger partial charge on any atom is 0.342 e. The van der Waals surface area contributed by atoms with Crippen LogP contribution < -0.4 is 4.74 Å². The zero-order valence-electron chi connectivity index (χ0n) is 21.1. The first-order chi connectivity index (χ1) is 18.4. The molecule has 0 spiro atoms. The number of ether oxygens (including phenoxy) is 3. The third-order valence-corrected chi connectivity index (χ3v) is 7.17. The number of benzene rings is 3. The SMILES string of the molecule is C=COC(=O)c1ccc2c(c1)C(C)c1cc(C(=O)Sc3ccc(OCCCCOC(=O)C=C)cc3)ccc1-2. The minimum atomic E-state index is -0.443. The van der Waals surface area contributed by atoms with Crippen LogP contribution in [0.25, 0.3) is 11.1 Å². The van der Waals surface area contributed by atoms with Gasteiger partial charge in [0.05, 0.1) is 25.0 Å². The number of carbonyl (C=O) groups is 3. The lowest BCUT2D eigenvalue weighted by Gasteiger charge is -2.09. The van der Waals surface area contributed by atoms with E-state index in [1.807, 2.05) is 54.6 Å². The quantitative estimate of drug-likeness (QED) is 0.0877. The summed E-state index contributed by atoms with van der Waals surface area (Å²) in [5.74, 6) is -0.110. The van der Waals surface area contributed by atoms with Crippen LogP contribution in [-0.2, 0) is 14.3 Å². The van der Waals surface area contributed by atoms with E-state index in [2.05, 4.69) is 20.1 Å². The molecule has 3 aromatic rings. The highest BCUT2D eigenvalue weighted by molar-refractivity contribution is 8.14. The molecule has 0 saturated carbocycles. The smallest absolute Gasteiger partial charge is 0.342 e. The number of carbonyl (C=O) groups excluding carboxylic acids is 3. The molecule has 1 atom stereocenters. The number of unbranched alkanes of at least 4 members (excludes halogenated alkanes) is 1. The maximum atomic E-state index is 13.1. The summed E-state index contributed by atoms with van der Waals surface area (Å²) in [6, 6.07) is 18.7. The number of esters is 2. The Hall–Kier alpha value is -4.10. The van der Waals surface area contributed by atoms with Crippen LogP contribution in [-0.4, -0.2) is 30.3 Å². The first-order valence-electron chi connectivity index (χ1n) is 12.3. The van der Waals surface area contributed by atoms with Crippen molar-refractivity contribution in [2.75, 3.05) is 13.2 Å². The predicted octanol–water partition coefficient (Wildman–Crippen LogP) is 6.94. The van der Waals surface area contributed by atoms with E-state index < -0.39 is 11.9 Å². The highest BCUT2D eigenvalue weighted by Crippen LogP contribution is 2.45. The third kappa shape index (κ3) is 6.23. The van der Waals surface area contributed by atoms with Crippen molar-refractivity contribution in [2.24, 2.45) is 0 Å². The molecule has 1 aliphatic rings. The maximum absolute atomic E-state index is 13.1. The van der Waals surface area contributed by atoms with E-state index in [0.29, 0.717) is 36.5 Å². The van der Waals surface area contributed by atoms with Crippen LogP contribution in [0, 0.1) is 0 Å². The van der Waals surface area contributed by atoms with Crippen molar-refractivity contribution in [3.8, 4) is 16.9 Å². The van der Waals surface area contributed by atoms with Crippen molar-refractivity contribution in [2.45, 2.75) is 30.6 Å². The number of hydrogen-bond acceptors (Lipinski definition) is 7. The van der Waals surface area contributed by atoms with Gasteiger partial charge in [-0.2, -0.15) is 0 Å². The van der Waals surface area contributed by atoms with Gasteiger partial charge in [0, 0.05) is 22.5 Å². The van der Waals surface area contributed by atoms with E-state index in [-0.39, 0.29) is 11.0 Å². The minimum Gasteiger partial charge on any atom is -0.494 e. The van der Waals surface area contributed by atoms with Gasteiger partial charge in [-0.25, -0.2) is 9.59 Å². The zero-order valence-corrected chi connectivity index (χ0v) is 21.9. The zero-order chi connectivity index (χ0) is 27.1. The molecule has 1 aliphatic carbocycles. The Morgan fingerprint density at radius 1 is 0.868 bits per heavy atom. The second kappa shape index (κ2) is 12.4. The summed E-state index contributed by atoms with van der Waals surface area (Å²) in [5.41, 5.74) is 5.31. The fourth-order valence-corrected chi connectivity index (χ4v) is 5.02. The van der Waals surface area contributed by atoms with Gasteiger partial charge in [-0.05, 0) is 95.4 Å². The molecule has 0 heterocycles. The standard InChI is InChI=1S/C31H28O6S/c1-4-29(32)37-17-7-6-16-36-23-10-12-24(13-11-23)38-31(34)22-9-15-26-25-14-8-21(30(33)35-5-2)18-27(25)20(3)28(26)19-22/h4-5,8-15,18-20H,1-2,6-7,16-17H2,3H3. The Morgan fingerprint density at radius 2 is 1.50 bits per heavy atom. The summed E-state index contributed by atoms with van der Waals surface area (Å²) >= 11 is 1.17. The van der Waals surface area contributed by atoms with Gasteiger partial charge < -0.3 is 14.2 Å². The Bertz CT molecular complexity index is 1380. The largest absolute Gasteiger partial charge is 0.494 e. The van der Waals surface area contributed by atoms with Crippen LogP contribution in [0.3, 0.4) is 0 Å². The summed E-state index contributed by atoms with van der Waals surface area (Å²) in [7, 11) is 0. The fraction of sp³-hybridized carbons (Fsp3) is 0.194. The van der Waals surface area contributed by atoms with E-state index in [1.54, 1.807) is 6.07 Å². The van der Waals surface area contributed by atoms with Crippen LogP contribution in [0.2, 0.25) is 0 Å². The average molecular weight is 529 g/mol. The molecule has 0 aromatic heterocycles. The lowest BCUT2D eigenvalue weighted by molar-refractivity contribution is -0.137. The Labute approximate surface area is 226 Å². The van der Waals surface area contributed by atoms with Crippen LogP contribution in [0.15, 0.2) is 91.1 Å². The topological polar surface area (TPSA) is 78.9 Å². The van der Waals surface area contributed by atoms with E-state index in [4.69, 9.17) is 14.2 Å². The molecule has 3 aromatic carbocycles. The van der Waals surface area contributed by atoms with Gasteiger partial charge in [0.15, 0.2) is 0 Å². The fourth-order valence-electron chi connectivity index (χ4n) is 4.29. The molecule has 38 heavy (non-hydrogen) atoms. The Morgan fingerprint density at radius 3 is 2.16 bits per heavy atom. The Balaban J connectivity index is 1.34. The van der Waals surface area contributed by atoms with Gasteiger partial charge in [0.1, 0.15) is 5.75 Å². The van der Waals surface area contributed by atoms with E-state index >= 15 is 0 Å². The molecular weight excluding hydrogens is 500 g/mol. The van der Waals surface area contributed by atoms with Crippen LogP contribution in [0.5, 0.6) is 5.75 Å². The molecule has 6 nitrogen and oxygen atoms in total. The highest BCUT2D eigenvalue weighted by atomic mass is 32.2. The molecule has 7 heteroatoms. The normalized spacial score (nSPS) is 13.1. The molecule has 0 saturated heterocycles. The van der Waals surface area contributed by atoms with Gasteiger partial charge in [-0.3, -0.25) is 4.79 Å². The van der Waals surface area contributed by atoms with Crippen molar-refractivity contribution in [3.05, 3.63) is 108 Å². The van der Waals surface area contributed by atoms with E-state index in [0.717, 1.165) is 45.9 Å². The molecule has 0 bridgehead atoms. The van der Waals surface area contributed by atoms with Crippen LogP contribution >= 0.6 is 11.8 Å². The minimum absolute atomic E-state index is 0.0414. The van der Waals surface area contributed by atoms with Gasteiger partial charge in [-0.1, -0.05) is 32.2 Å². The molecule has 0 amide bonds. The highest BCUT2D eigenvalue weighted by Gasteiger charge is 2.27. The number of rotatable bonds is 11. The first-order valence-corrected chi connectivity index (χ1v) is 13.1. The molecule has 1 unspecified atom stereocenters. The van der Waals surface area contributed by atoms with Gasteiger partial charge >= 0.3 is 11.9 Å².